The summed E-state index contributed by atoms with van der Waals surface area (Å²) in [6.07, 6.45) is 8.29. The summed E-state index contributed by atoms with van der Waals surface area (Å²) in [5, 5.41) is 0. The van der Waals surface area contributed by atoms with Gasteiger partial charge < -0.3 is 9.64 Å². The van der Waals surface area contributed by atoms with Gasteiger partial charge in [-0.15, -0.1) is 0 Å². The van der Waals surface area contributed by atoms with Crippen molar-refractivity contribution in [3.8, 4) is 0 Å². The molecule has 134 valence electrons. The Morgan fingerprint density at radius 1 is 1.09 bits per heavy atom. The summed E-state index contributed by atoms with van der Waals surface area (Å²) in [5.74, 6) is 0. The van der Waals surface area contributed by atoms with Gasteiger partial charge in [0.1, 0.15) is 0 Å². The second kappa shape index (κ2) is 6.96. The quantitative estimate of drug-likeness (QED) is 0.770. The van der Waals surface area contributed by atoms with Gasteiger partial charge in [0.25, 0.3) is 10.2 Å². The molecule has 3 rings (SSSR count). The molecule has 0 bridgehead atoms. The van der Waals surface area contributed by atoms with E-state index in [0.29, 0.717) is 13.1 Å². The minimum Gasteiger partial charge on any atom is -0.369 e. The van der Waals surface area contributed by atoms with Crippen molar-refractivity contribution in [2.75, 3.05) is 46.8 Å². The monoisotopic (exact) mass is 345 g/mol. The van der Waals surface area contributed by atoms with Gasteiger partial charge in [-0.05, 0) is 51.6 Å². The van der Waals surface area contributed by atoms with E-state index in [2.05, 4.69) is 4.90 Å². The molecule has 0 aliphatic carbocycles. The fourth-order valence-corrected chi connectivity index (χ4v) is 5.40. The Labute approximate surface area is 140 Å². The standard InChI is InChI=1S/C16H31N3O3S/c1-17(2)23(20,21)19-12-9-16(14-19)8-6-7-15(22-16)13-18-10-4-3-5-11-18/h15H,3-14H2,1-2H3/t15-,16+/m0/s1. The summed E-state index contributed by atoms with van der Waals surface area (Å²) in [7, 11) is -0.124. The third-order valence-electron chi connectivity index (χ3n) is 5.55. The molecule has 0 radical (unpaired) electrons. The van der Waals surface area contributed by atoms with Crippen LogP contribution in [0.25, 0.3) is 0 Å². The molecule has 3 aliphatic rings. The number of nitrogens with zero attached hydrogens (tertiary/aromatic N) is 3. The van der Waals surface area contributed by atoms with Crippen LogP contribution < -0.4 is 0 Å². The number of piperidine rings is 1. The molecule has 1 spiro atoms. The Morgan fingerprint density at radius 3 is 2.52 bits per heavy atom. The van der Waals surface area contributed by atoms with Crippen molar-refractivity contribution in [1.82, 2.24) is 13.5 Å². The number of likely N-dealkylation sites (tertiary alicyclic amines) is 1. The van der Waals surface area contributed by atoms with E-state index in [0.717, 1.165) is 32.2 Å². The van der Waals surface area contributed by atoms with E-state index < -0.39 is 10.2 Å². The lowest BCUT2D eigenvalue weighted by Crippen LogP contribution is -2.48. The van der Waals surface area contributed by atoms with Crippen molar-refractivity contribution in [3.63, 3.8) is 0 Å². The molecule has 23 heavy (non-hydrogen) atoms. The normalized spacial score (nSPS) is 34.5. The Bertz CT molecular complexity index is 505. The fraction of sp³-hybridized carbons (Fsp3) is 1.00. The van der Waals surface area contributed by atoms with Crippen LogP contribution in [0.2, 0.25) is 0 Å². The van der Waals surface area contributed by atoms with Crippen molar-refractivity contribution in [2.24, 2.45) is 0 Å². The van der Waals surface area contributed by atoms with Crippen molar-refractivity contribution in [1.29, 1.82) is 0 Å². The van der Waals surface area contributed by atoms with E-state index >= 15 is 0 Å². The first-order valence-electron chi connectivity index (χ1n) is 8.99. The van der Waals surface area contributed by atoms with Crippen LogP contribution in [-0.2, 0) is 14.9 Å². The SMILES string of the molecule is CN(C)S(=O)(=O)N1CC[C@]2(CCC[C@@H](CN3CCCCC3)O2)C1. The van der Waals surface area contributed by atoms with Crippen LogP contribution in [0.1, 0.15) is 44.9 Å². The van der Waals surface area contributed by atoms with Gasteiger partial charge in [-0.25, -0.2) is 0 Å². The van der Waals surface area contributed by atoms with Crippen LogP contribution in [0.4, 0.5) is 0 Å². The van der Waals surface area contributed by atoms with Gasteiger partial charge in [0.2, 0.25) is 0 Å². The van der Waals surface area contributed by atoms with E-state index in [9.17, 15) is 8.42 Å². The van der Waals surface area contributed by atoms with Gasteiger partial charge in [-0.1, -0.05) is 6.42 Å². The van der Waals surface area contributed by atoms with E-state index in [-0.39, 0.29) is 11.7 Å². The summed E-state index contributed by atoms with van der Waals surface area (Å²) in [5.41, 5.74) is -0.248. The van der Waals surface area contributed by atoms with E-state index in [4.69, 9.17) is 4.74 Å². The van der Waals surface area contributed by atoms with Gasteiger partial charge >= 0.3 is 0 Å². The molecule has 0 amide bonds. The predicted octanol–water partition coefficient (Wildman–Crippen LogP) is 1.29. The molecule has 3 heterocycles. The topological polar surface area (TPSA) is 53.1 Å². The van der Waals surface area contributed by atoms with Crippen molar-refractivity contribution >= 4 is 10.2 Å². The van der Waals surface area contributed by atoms with Gasteiger partial charge in [-0.2, -0.15) is 17.0 Å². The second-order valence-electron chi connectivity index (χ2n) is 7.55. The smallest absolute Gasteiger partial charge is 0.281 e. The summed E-state index contributed by atoms with van der Waals surface area (Å²) in [4.78, 5) is 2.52. The van der Waals surface area contributed by atoms with Gasteiger partial charge in [-0.3, -0.25) is 0 Å². The van der Waals surface area contributed by atoms with Crippen molar-refractivity contribution < 1.29 is 13.2 Å². The maximum Gasteiger partial charge on any atom is 0.281 e. The molecule has 0 N–H and O–H groups in total. The molecule has 0 aromatic carbocycles. The zero-order valence-electron chi connectivity index (χ0n) is 14.5. The van der Waals surface area contributed by atoms with Crippen LogP contribution in [0.15, 0.2) is 0 Å². The minimum atomic E-state index is -3.32. The third-order valence-corrected chi connectivity index (χ3v) is 7.44. The van der Waals surface area contributed by atoms with Gasteiger partial charge in [0.15, 0.2) is 0 Å². The molecule has 2 atom stereocenters. The Kier molecular flexibility index (Phi) is 5.33. The van der Waals surface area contributed by atoms with Crippen LogP contribution in [0, 0.1) is 0 Å². The largest absolute Gasteiger partial charge is 0.369 e. The molecular formula is C16H31N3O3S. The first-order valence-corrected chi connectivity index (χ1v) is 10.4. The minimum absolute atomic E-state index is 0.248. The molecule has 0 saturated carbocycles. The molecular weight excluding hydrogens is 314 g/mol. The second-order valence-corrected chi connectivity index (χ2v) is 9.69. The Morgan fingerprint density at radius 2 is 1.83 bits per heavy atom. The number of hydrogen-bond acceptors (Lipinski definition) is 4. The number of ether oxygens (including phenoxy) is 1. The predicted molar refractivity (Wildman–Crippen MR) is 90.5 cm³/mol. The number of rotatable bonds is 4. The fourth-order valence-electron chi connectivity index (χ4n) is 4.22. The van der Waals surface area contributed by atoms with Crippen LogP contribution in [-0.4, -0.2) is 80.5 Å². The molecule has 0 unspecified atom stereocenters. The van der Waals surface area contributed by atoms with Crippen LogP contribution in [0.3, 0.4) is 0 Å². The van der Waals surface area contributed by atoms with Crippen molar-refractivity contribution in [2.45, 2.75) is 56.7 Å². The average molecular weight is 346 g/mol. The highest BCUT2D eigenvalue weighted by Crippen LogP contribution is 2.38. The summed E-state index contributed by atoms with van der Waals surface area (Å²) < 4.78 is 34.1. The first kappa shape index (κ1) is 17.6. The van der Waals surface area contributed by atoms with E-state index in [1.165, 1.54) is 36.7 Å². The first-order chi connectivity index (χ1) is 10.9. The maximum atomic E-state index is 12.3. The van der Waals surface area contributed by atoms with E-state index in [1.54, 1.807) is 18.4 Å². The molecule has 3 aliphatic heterocycles. The lowest BCUT2D eigenvalue weighted by molar-refractivity contribution is -0.127. The zero-order chi connectivity index (χ0) is 16.5. The van der Waals surface area contributed by atoms with Gasteiger partial charge in [0.05, 0.1) is 11.7 Å². The van der Waals surface area contributed by atoms with E-state index in [1.807, 2.05) is 0 Å². The molecule has 7 heteroatoms. The van der Waals surface area contributed by atoms with Crippen LogP contribution in [0.5, 0.6) is 0 Å². The molecule has 6 nitrogen and oxygen atoms in total. The maximum absolute atomic E-state index is 12.3. The summed E-state index contributed by atoms with van der Waals surface area (Å²) in [6, 6.07) is 0. The Balaban J connectivity index is 1.60. The van der Waals surface area contributed by atoms with Gasteiger partial charge in [0, 0.05) is 33.7 Å². The lowest BCUT2D eigenvalue weighted by atomic mass is 9.90. The van der Waals surface area contributed by atoms with Crippen molar-refractivity contribution in [3.05, 3.63) is 0 Å². The third kappa shape index (κ3) is 3.90. The highest BCUT2D eigenvalue weighted by Gasteiger charge is 2.46. The average Bonchev–Trinajstić information content (AvgIpc) is 2.92. The van der Waals surface area contributed by atoms with Crippen LogP contribution >= 0.6 is 0 Å². The highest BCUT2D eigenvalue weighted by atomic mass is 32.2. The number of hydrogen-bond donors (Lipinski definition) is 0. The lowest BCUT2D eigenvalue weighted by Gasteiger charge is -2.41. The summed E-state index contributed by atoms with van der Waals surface area (Å²) in [6.45, 7) is 4.49. The zero-order valence-corrected chi connectivity index (χ0v) is 15.4. The molecule has 0 aromatic heterocycles. The molecule has 3 saturated heterocycles. The highest BCUT2D eigenvalue weighted by molar-refractivity contribution is 7.86. The summed E-state index contributed by atoms with van der Waals surface area (Å²) >= 11 is 0. The molecule has 3 fully saturated rings. The molecule has 0 aromatic rings. The Hall–Kier alpha value is -0.210.